The van der Waals surface area contributed by atoms with Crippen LogP contribution in [0.4, 0.5) is 0 Å². The standard InChI is InChI=1S/C15H18BrNO2/c1-11(14-7-8-15(16)19-14)17-10-9-12-3-5-13(18-2)6-4-12/h3-8,11,17H,9-10H2,1-2H3. The van der Waals surface area contributed by atoms with Gasteiger partial charge in [0.15, 0.2) is 4.67 Å². The highest BCUT2D eigenvalue weighted by molar-refractivity contribution is 9.10. The molecule has 1 aromatic heterocycles. The van der Waals surface area contributed by atoms with Crippen LogP contribution in [0.15, 0.2) is 45.5 Å². The third-order valence-corrected chi connectivity index (χ3v) is 3.47. The average molecular weight is 324 g/mol. The molecule has 3 nitrogen and oxygen atoms in total. The van der Waals surface area contributed by atoms with Crippen molar-refractivity contribution in [3.8, 4) is 5.75 Å². The molecule has 0 saturated carbocycles. The van der Waals surface area contributed by atoms with Gasteiger partial charge in [-0.05, 0) is 65.6 Å². The summed E-state index contributed by atoms with van der Waals surface area (Å²) in [6.07, 6.45) is 0.982. The number of nitrogens with one attached hydrogen (secondary N) is 1. The number of furan rings is 1. The van der Waals surface area contributed by atoms with Crippen LogP contribution in [0, 0.1) is 0 Å². The minimum atomic E-state index is 0.213. The number of rotatable bonds is 6. The van der Waals surface area contributed by atoms with E-state index < -0.39 is 0 Å². The number of benzene rings is 1. The Morgan fingerprint density at radius 3 is 2.53 bits per heavy atom. The molecule has 0 radical (unpaired) electrons. The quantitative estimate of drug-likeness (QED) is 0.874. The Bertz CT molecular complexity index is 507. The Balaban J connectivity index is 1.79. The predicted molar refractivity (Wildman–Crippen MR) is 79.5 cm³/mol. The molecule has 0 aliphatic heterocycles. The van der Waals surface area contributed by atoms with Crippen LogP contribution in [-0.2, 0) is 6.42 Å². The second-order valence-corrected chi connectivity index (χ2v) is 5.20. The SMILES string of the molecule is COc1ccc(CCNC(C)c2ccc(Br)o2)cc1. The first-order valence-corrected chi connectivity index (χ1v) is 7.10. The maximum Gasteiger partial charge on any atom is 0.169 e. The summed E-state index contributed by atoms with van der Waals surface area (Å²) >= 11 is 3.31. The zero-order chi connectivity index (χ0) is 13.7. The van der Waals surface area contributed by atoms with Gasteiger partial charge < -0.3 is 14.5 Å². The first-order chi connectivity index (χ1) is 9.19. The summed E-state index contributed by atoms with van der Waals surface area (Å²) in [5.41, 5.74) is 1.29. The topological polar surface area (TPSA) is 34.4 Å². The lowest BCUT2D eigenvalue weighted by atomic mass is 10.1. The van der Waals surface area contributed by atoms with Crippen molar-refractivity contribution >= 4 is 15.9 Å². The molecule has 0 amide bonds. The van der Waals surface area contributed by atoms with Gasteiger partial charge in [0.2, 0.25) is 0 Å². The van der Waals surface area contributed by atoms with Crippen molar-refractivity contribution < 1.29 is 9.15 Å². The van der Waals surface area contributed by atoms with Crippen molar-refractivity contribution in [2.45, 2.75) is 19.4 Å². The van der Waals surface area contributed by atoms with E-state index in [1.807, 2.05) is 24.3 Å². The Morgan fingerprint density at radius 2 is 1.95 bits per heavy atom. The summed E-state index contributed by atoms with van der Waals surface area (Å²) in [6.45, 7) is 3.01. The molecule has 2 aromatic rings. The maximum absolute atomic E-state index is 5.52. The van der Waals surface area contributed by atoms with Gasteiger partial charge in [0.05, 0.1) is 13.2 Å². The second-order valence-electron chi connectivity index (χ2n) is 4.42. The summed E-state index contributed by atoms with van der Waals surface area (Å²) in [5.74, 6) is 1.84. The molecule has 0 bridgehead atoms. The molecular formula is C15H18BrNO2. The molecule has 2 rings (SSSR count). The minimum Gasteiger partial charge on any atom is -0.497 e. The van der Waals surface area contributed by atoms with E-state index in [9.17, 15) is 0 Å². The third-order valence-electron chi connectivity index (χ3n) is 3.04. The van der Waals surface area contributed by atoms with E-state index in [0.29, 0.717) is 0 Å². The monoisotopic (exact) mass is 323 g/mol. The van der Waals surface area contributed by atoms with Crippen LogP contribution in [0.3, 0.4) is 0 Å². The summed E-state index contributed by atoms with van der Waals surface area (Å²) < 4.78 is 11.4. The first-order valence-electron chi connectivity index (χ1n) is 6.30. The van der Waals surface area contributed by atoms with Crippen LogP contribution in [0.25, 0.3) is 0 Å². The fourth-order valence-electron chi connectivity index (χ4n) is 1.89. The van der Waals surface area contributed by atoms with E-state index in [-0.39, 0.29) is 6.04 Å². The largest absolute Gasteiger partial charge is 0.497 e. The van der Waals surface area contributed by atoms with Crippen molar-refractivity contribution in [3.05, 3.63) is 52.4 Å². The molecule has 1 aromatic carbocycles. The van der Waals surface area contributed by atoms with Crippen molar-refractivity contribution in [2.75, 3.05) is 13.7 Å². The number of halogens is 1. The zero-order valence-electron chi connectivity index (χ0n) is 11.2. The van der Waals surface area contributed by atoms with Crippen molar-refractivity contribution in [1.29, 1.82) is 0 Å². The fourth-order valence-corrected chi connectivity index (χ4v) is 2.21. The van der Waals surface area contributed by atoms with Gasteiger partial charge in [-0.3, -0.25) is 0 Å². The predicted octanol–water partition coefficient (Wildman–Crippen LogP) is 3.94. The van der Waals surface area contributed by atoms with E-state index in [1.54, 1.807) is 7.11 Å². The molecule has 4 heteroatoms. The van der Waals surface area contributed by atoms with Crippen LogP contribution in [-0.4, -0.2) is 13.7 Å². The van der Waals surface area contributed by atoms with Gasteiger partial charge in [-0.1, -0.05) is 12.1 Å². The molecule has 102 valence electrons. The minimum absolute atomic E-state index is 0.213. The third kappa shape index (κ3) is 4.11. The number of hydrogen-bond donors (Lipinski definition) is 1. The highest BCUT2D eigenvalue weighted by Gasteiger charge is 2.08. The van der Waals surface area contributed by atoms with Gasteiger partial charge in [-0.15, -0.1) is 0 Å². The molecule has 1 unspecified atom stereocenters. The lowest BCUT2D eigenvalue weighted by molar-refractivity contribution is 0.414. The lowest BCUT2D eigenvalue weighted by Gasteiger charge is -2.11. The summed E-state index contributed by atoms with van der Waals surface area (Å²) in [6, 6.07) is 12.3. The van der Waals surface area contributed by atoms with Crippen LogP contribution in [0.1, 0.15) is 24.3 Å². The van der Waals surface area contributed by atoms with Gasteiger partial charge >= 0.3 is 0 Å². The second kappa shape index (κ2) is 6.78. The van der Waals surface area contributed by atoms with Crippen molar-refractivity contribution in [3.63, 3.8) is 0 Å². The Morgan fingerprint density at radius 1 is 1.21 bits per heavy atom. The molecule has 0 spiro atoms. The molecule has 0 aliphatic rings. The van der Waals surface area contributed by atoms with Gasteiger partial charge in [0, 0.05) is 0 Å². The first kappa shape index (κ1) is 14.2. The summed E-state index contributed by atoms with van der Waals surface area (Å²) in [7, 11) is 1.68. The zero-order valence-corrected chi connectivity index (χ0v) is 12.7. The van der Waals surface area contributed by atoms with Gasteiger partial charge in [0.1, 0.15) is 11.5 Å². The lowest BCUT2D eigenvalue weighted by Crippen LogP contribution is -2.20. The van der Waals surface area contributed by atoms with Gasteiger partial charge in [-0.2, -0.15) is 0 Å². The van der Waals surface area contributed by atoms with E-state index in [2.05, 4.69) is 40.3 Å². The van der Waals surface area contributed by atoms with E-state index in [0.717, 1.165) is 29.1 Å². The van der Waals surface area contributed by atoms with Crippen LogP contribution < -0.4 is 10.1 Å². The highest BCUT2D eigenvalue weighted by Crippen LogP contribution is 2.20. The average Bonchev–Trinajstić information content (AvgIpc) is 2.86. The van der Waals surface area contributed by atoms with Crippen molar-refractivity contribution in [1.82, 2.24) is 5.32 Å². The molecule has 0 saturated heterocycles. The summed E-state index contributed by atoms with van der Waals surface area (Å²) in [5, 5.41) is 3.44. The van der Waals surface area contributed by atoms with Crippen LogP contribution >= 0.6 is 15.9 Å². The van der Waals surface area contributed by atoms with Crippen LogP contribution in [0.5, 0.6) is 5.75 Å². The molecule has 0 aliphatic carbocycles. The van der Waals surface area contributed by atoms with Gasteiger partial charge in [0.25, 0.3) is 0 Å². The number of methoxy groups -OCH3 is 1. The molecule has 19 heavy (non-hydrogen) atoms. The van der Waals surface area contributed by atoms with E-state index >= 15 is 0 Å². The molecular weight excluding hydrogens is 306 g/mol. The number of ether oxygens (including phenoxy) is 1. The fraction of sp³-hybridized carbons (Fsp3) is 0.333. The van der Waals surface area contributed by atoms with Gasteiger partial charge in [-0.25, -0.2) is 0 Å². The molecule has 0 fully saturated rings. The Kier molecular flexibility index (Phi) is 5.05. The molecule has 1 heterocycles. The maximum atomic E-state index is 5.52. The molecule has 1 atom stereocenters. The normalized spacial score (nSPS) is 12.4. The van der Waals surface area contributed by atoms with E-state index in [1.165, 1.54) is 5.56 Å². The van der Waals surface area contributed by atoms with Crippen molar-refractivity contribution in [2.24, 2.45) is 0 Å². The van der Waals surface area contributed by atoms with E-state index in [4.69, 9.17) is 9.15 Å². The highest BCUT2D eigenvalue weighted by atomic mass is 79.9. The smallest absolute Gasteiger partial charge is 0.169 e. The molecule has 1 N–H and O–H groups in total. The van der Waals surface area contributed by atoms with Crippen LogP contribution in [0.2, 0.25) is 0 Å². The summed E-state index contributed by atoms with van der Waals surface area (Å²) in [4.78, 5) is 0. The Labute approximate surface area is 122 Å². The Hall–Kier alpha value is -1.26. The number of hydrogen-bond acceptors (Lipinski definition) is 3.